The molecule has 2 aromatic rings. The molecular weight excluding hydrogens is 326 g/mol. The highest BCUT2D eigenvalue weighted by atomic mass is 32.1. The van der Waals surface area contributed by atoms with Crippen LogP contribution in [0.2, 0.25) is 0 Å². The number of thiazole rings is 1. The fraction of sp³-hybridized carbons (Fsp3) is 0.529. The quantitative estimate of drug-likeness (QED) is 0.920. The Morgan fingerprint density at radius 3 is 2.79 bits per heavy atom. The summed E-state index contributed by atoms with van der Waals surface area (Å²) in [5, 5.41) is 12.6. The van der Waals surface area contributed by atoms with E-state index in [4.69, 9.17) is 4.42 Å². The van der Waals surface area contributed by atoms with Crippen LogP contribution in [-0.2, 0) is 0 Å². The number of piperazine rings is 1. The van der Waals surface area contributed by atoms with Gasteiger partial charge in [0, 0.05) is 37.6 Å². The average Bonchev–Trinajstić information content (AvgIpc) is 3.35. The maximum Gasteiger partial charge on any atom is 0.273 e. The predicted molar refractivity (Wildman–Crippen MR) is 90.9 cm³/mol. The Morgan fingerprint density at radius 2 is 2.12 bits per heavy atom. The van der Waals surface area contributed by atoms with Crippen molar-refractivity contribution < 1.29 is 14.3 Å². The smallest absolute Gasteiger partial charge is 0.273 e. The third kappa shape index (κ3) is 2.99. The summed E-state index contributed by atoms with van der Waals surface area (Å²) in [4.78, 5) is 21.3. The summed E-state index contributed by atoms with van der Waals surface area (Å²) in [5.41, 5.74) is 0.487. The zero-order chi connectivity index (χ0) is 16.5. The molecule has 2 aliphatic rings. The van der Waals surface area contributed by atoms with Gasteiger partial charge in [0.05, 0.1) is 12.4 Å². The number of carbonyl (C=O) groups excluding carboxylic acids is 1. The molecule has 2 aromatic heterocycles. The van der Waals surface area contributed by atoms with Gasteiger partial charge in [0.1, 0.15) is 5.69 Å². The fourth-order valence-electron chi connectivity index (χ4n) is 3.65. The molecule has 1 aliphatic carbocycles. The Labute approximate surface area is 144 Å². The number of nitrogens with zero attached hydrogens (tertiary/aromatic N) is 3. The molecule has 0 spiro atoms. The predicted octanol–water partition coefficient (Wildman–Crippen LogP) is 2.07. The van der Waals surface area contributed by atoms with Crippen molar-refractivity contribution in [2.24, 2.45) is 0 Å². The van der Waals surface area contributed by atoms with E-state index < -0.39 is 0 Å². The van der Waals surface area contributed by atoms with E-state index in [2.05, 4.69) is 9.88 Å². The van der Waals surface area contributed by atoms with Crippen LogP contribution in [0.3, 0.4) is 0 Å². The van der Waals surface area contributed by atoms with Gasteiger partial charge in [-0.15, -0.1) is 11.3 Å². The lowest BCUT2D eigenvalue weighted by Gasteiger charge is -2.38. The highest BCUT2D eigenvalue weighted by Gasteiger charge is 2.33. The number of aliphatic hydroxyl groups excluding tert-OH is 1. The minimum Gasteiger partial charge on any atom is -0.462 e. The molecule has 1 aliphatic heterocycles. The molecule has 24 heavy (non-hydrogen) atoms. The maximum absolute atomic E-state index is 12.6. The zero-order valence-corrected chi connectivity index (χ0v) is 14.2. The summed E-state index contributed by atoms with van der Waals surface area (Å²) in [5.74, 6) is 0.676. The Balaban J connectivity index is 1.38. The van der Waals surface area contributed by atoms with E-state index in [0.29, 0.717) is 24.5 Å². The van der Waals surface area contributed by atoms with Crippen LogP contribution in [0, 0.1) is 0 Å². The van der Waals surface area contributed by atoms with E-state index in [9.17, 15) is 9.90 Å². The average molecular weight is 347 g/mol. The Hall–Kier alpha value is -1.70. The van der Waals surface area contributed by atoms with Crippen LogP contribution in [0.15, 0.2) is 28.2 Å². The van der Waals surface area contributed by atoms with Gasteiger partial charge in [-0.1, -0.05) is 0 Å². The van der Waals surface area contributed by atoms with Crippen LogP contribution in [0.25, 0.3) is 10.8 Å². The second-order valence-electron chi connectivity index (χ2n) is 6.41. The second-order valence-corrected chi connectivity index (χ2v) is 7.27. The summed E-state index contributed by atoms with van der Waals surface area (Å²) in [6.45, 7) is 3.02. The van der Waals surface area contributed by atoms with Gasteiger partial charge in [0.15, 0.2) is 10.8 Å². The number of rotatable bonds is 3. The molecule has 128 valence electrons. The standard InChI is InChI=1S/C17H21N3O3S/c21-14-4-1-3-13(14)19-6-8-20(9-7-19)17(22)12-11-24-16(18-12)15-5-2-10-23-15/h2,5,10-11,13-14,21H,1,3-4,6-9H2/t13-,14-/m1/s1. The molecule has 0 bridgehead atoms. The van der Waals surface area contributed by atoms with Crippen LogP contribution in [0.5, 0.6) is 0 Å². The molecule has 0 aromatic carbocycles. The summed E-state index contributed by atoms with van der Waals surface area (Å²) in [6.07, 6.45) is 4.46. The minimum absolute atomic E-state index is 0.0179. The summed E-state index contributed by atoms with van der Waals surface area (Å²) in [7, 11) is 0. The first kappa shape index (κ1) is 15.8. The van der Waals surface area contributed by atoms with Gasteiger partial charge in [-0.25, -0.2) is 4.98 Å². The number of carbonyl (C=O) groups is 1. The lowest BCUT2D eigenvalue weighted by atomic mass is 10.1. The molecule has 2 fully saturated rings. The molecule has 2 atom stereocenters. The van der Waals surface area contributed by atoms with Gasteiger partial charge in [0.2, 0.25) is 0 Å². The van der Waals surface area contributed by atoms with Gasteiger partial charge in [0.25, 0.3) is 5.91 Å². The lowest BCUT2D eigenvalue weighted by molar-refractivity contribution is 0.0313. The van der Waals surface area contributed by atoms with Crippen molar-refractivity contribution in [1.29, 1.82) is 0 Å². The fourth-order valence-corrected chi connectivity index (χ4v) is 4.41. The van der Waals surface area contributed by atoms with Gasteiger partial charge in [-0.2, -0.15) is 0 Å². The number of aromatic nitrogens is 1. The van der Waals surface area contributed by atoms with Crippen molar-refractivity contribution in [2.45, 2.75) is 31.4 Å². The number of hydrogen-bond donors (Lipinski definition) is 1. The Kier molecular flexibility index (Phi) is 4.39. The Morgan fingerprint density at radius 1 is 1.29 bits per heavy atom. The van der Waals surface area contributed by atoms with E-state index in [1.54, 1.807) is 11.6 Å². The molecule has 7 heteroatoms. The SMILES string of the molecule is O=C(c1csc(-c2ccco2)n1)N1CCN([C@@H]2CCC[C@H]2O)CC1. The van der Waals surface area contributed by atoms with Crippen LogP contribution >= 0.6 is 11.3 Å². The first-order chi connectivity index (χ1) is 11.7. The molecule has 1 N–H and O–H groups in total. The molecule has 1 saturated carbocycles. The van der Waals surface area contributed by atoms with Crippen LogP contribution in [0.1, 0.15) is 29.8 Å². The van der Waals surface area contributed by atoms with Crippen LogP contribution < -0.4 is 0 Å². The second kappa shape index (κ2) is 6.66. The van der Waals surface area contributed by atoms with Gasteiger partial charge in [-0.05, 0) is 31.4 Å². The number of hydrogen-bond acceptors (Lipinski definition) is 6. The number of amides is 1. The third-order valence-electron chi connectivity index (χ3n) is 4.97. The number of furan rings is 1. The van der Waals surface area contributed by atoms with Crippen molar-refractivity contribution in [1.82, 2.24) is 14.8 Å². The summed E-state index contributed by atoms with van der Waals surface area (Å²) >= 11 is 1.43. The van der Waals surface area contributed by atoms with E-state index in [0.717, 1.165) is 37.4 Å². The topological polar surface area (TPSA) is 69.8 Å². The van der Waals surface area contributed by atoms with Crippen LogP contribution in [0.4, 0.5) is 0 Å². The van der Waals surface area contributed by atoms with Gasteiger partial charge >= 0.3 is 0 Å². The molecule has 3 heterocycles. The zero-order valence-electron chi connectivity index (χ0n) is 13.4. The molecular formula is C17H21N3O3S. The molecule has 1 amide bonds. The van der Waals surface area contributed by atoms with Crippen molar-refractivity contribution in [3.05, 3.63) is 29.5 Å². The van der Waals surface area contributed by atoms with E-state index in [1.807, 2.05) is 17.0 Å². The van der Waals surface area contributed by atoms with E-state index >= 15 is 0 Å². The first-order valence-electron chi connectivity index (χ1n) is 8.43. The van der Waals surface area contributed by atoms with Gasteiger partial charge in [-0.3, -0.25) is 9.69 Å². The van der Waals surface area contributed by atoms with Crippen molar-refractivity contribution in [3.8, 4) is 10.8 Å². The largest absolute Gasteiger partial charge is 0.462 e. The van der Waals surface area contributed by atoms with Crippen LogP contribution in [-0.4, -0.2) is 64.1 Å². The molecule has 1 saturated heterocycles. The highest BCUT2D eigenvalue weighted by molar-refractivity contribution is 7.13. The summed E-state index contributed by atoms with van der Waals surface area (Å²) in [6, 6.07) is 3.93. The molecule has 0 radical (unpaired) electrons. The highest BCUT2D eigenvalue weighted by Crippen LogP contribution is 2.27. The van der Waals surface area contributed by atoms with Crippen molar-refractivity contribution in [2.75, 3.05) is 26.2 Å². The first-order valence-corrected chi connectivity index (χ1v) is 9.31. The van der Waals surface area contributed by atoms with E-state index in [1.165, 1.54) is 11.3 Å². The molecule has 0 unspecified atom stereocenters. The molecule has 6 nitrogen and oxygen atoms in total. The van der Waals surface area contributed by atoms with Gasteiger partial charge < -0.3 is 14.4 Å². The lowest BCUT2D eigenvalue weighted by Crippen LogP contribution is -2.53. The third-order valence-corrected chi connectivity index (χ3v) is 5.83. The summed E-state index contributed by atoms with van der Waals surface area (Å²) < 4.78 is 5.33. The minimum atomic E-state index is -0.207. The molecule has 4 rings (SSSR count). The van der Waals surface area contributed by atoms with E-state index in [-0.39, 0.29) is 18.1 Å². The number of aliphatic hydroxyl groups is 1. The van der Waals surface area contributed by atoms with Crippen molar-refractivity contribution in [3.63, 3.8) is 0 Å². The Bertz CT molecular complexity index is 692. The van der Waals surface area contributed by atoms with Crippen molar-refractivity contribution >= 4 is 17.2 Å². The monoisotopic (exact) mass is 347 g/mol. The normalized spacial score (nSPS) is 25.3. The maximum atomic E-state index is 12.6.